The SMILES string of the molecule is CCC(C)(C)NCc1ccc(OCc2ccc(F)cc2)c(OC)c1. The van der Waals surface area contributed by atoms with Crippen LogP contribution in [0.15, 0.2) is 42.5 Å². The number of methoxy groups -OCH3 is 1. The van der Waals surface area contributed by atoms with E-state index >= 15 is 0 Å². The first kappa shape index (κ1) is 18.3. The molecule has 0 aromatic heterocycles. The van der Waals surface area contributed by atoms with E-state index in [1.165, 1.54) is 12.1 Å². The molecule has 0 atom stereocenters. The van der Waals surface area contributed by atoms with Crippen molar-refractivity contribution in [2.45, 2.75) is 45.9 Å². The second-order valence-electron chi connectivity index (χ2n) is 6.49. The summed E-state index contributed by atoms with van der Waals surface area (Å²) in [5, 5.41) is 3.53. The molecule has 2 aromatic carbocycles. The van der Waals surface area contributed by atoms with Crippen molar-refractivity contribution in [3.05, 3.63) is 59.4 Å². The molecule has 0 unspecified atom stereocenters. The lowest BCUT2D eigenvalue weighted by atomic mass is 10.0. The van der Waals surface area contributed by atoms with Crippen LogP contribution < -0.4 is 14.8 Å². The van der Waals surface area contributed by atoms with E-state index in [4.69, 9.17) is 9.47 Å². The fraction of sp³-hybridized carbons (Fsp3) is 0.400. The quantitative estimate of drug-likeness (QED) is 0.761. The summed E-state index contributed by atoms with van der Waals surface area (Å²) < 4.78 is 24.2. The average molecular weight is 331 g/mol. The molecule has 0 amide bonds. The van der Waals surface area contributed by atoms with Crippen LogP contribution in [-0.4, -0.2) is 12.6 Å². The van der Waals surface area contributed by atoms with Gasteiger partial charge in [0.1, 0.15) is 12.4 Å². The van der Waals surface area contributed by atoms with E-state index in [1.54, 1.807) is 19.2 Å². The Bertz CT molecular complexity index is 653. The Balaban J connectivity index is 2.01. The van der Waals surface area contributed by atoms with Crippen molar-refractivity contribution in [1.29, 1.82) is 0 Å². The number of hydrogen-bond donors (Lipinski definition) is 1. The van der Waals surface area contributed by atoms with Crippen LogP contribution in [0.25, 0.3) is 0 Å². The van der Waals surface area contributed by atoms with E-state index in [-0.39, 0.29) is 11.4 Å². The van der Waals surface area contributed by atoms with Crippen molar-refractivity contribution in [1.82, 2.24) is 5.32 Å². The highest BCUT2D eigenvalue weighted by Gasteiger charge is 2.14. The van der Waals surface area contributed by atoms with Gasteiger partial charge in [0.15, 0.2) is 11.5 Å². The predicted octanol–water partition coefficient (Wildman–Crippen LogP) is 4.69. The van der Waals surface area contributed by atoms with Crippen LogP contribution in [0, 0.1) is 5.82 Å². The number of rotatable bonds is 8. The first-order valence-corrected chi connectivity index (χ1v) is 8.22. The minimum Gasteiger partial charge on any atom is -0.493 e. The fourth-order valence-electron chi connectivity index (χ4n) is 2.15. The summed E-state index contributed by atoms with van der Waals surface area (Å²) in [5.74, 6) is 1.13. The minimum atomic E-state index is -0.247. The lowest BCUT2D eigenvalue weighted by Crippen LogP contribution is -2.37. The standard InChI is InChI=1S/C20H26FNO2/c1-5-20(2,3)22-13-16-8-11-18(19(12-16)23-4)24-14-15-6-9-17(21)10-7-15/h6-12,22H,5,13-14H2,1-4H3. The molecule has 0 heterocycles. The van der Waals surface area contributed by atoms with E-state index in [0.717, 1.165) is 24.1 Å². The molecule has 0 fully saturated rings. The van der Waals surface area contributed by atoms with Crippen LogP contribution in [0.2, 0.25) is 0 Å². The van der Waals surface area contributed by atoms with Crippen LogP contribution in [0.4, 0.5) is 4.39 Å². The molecule has 0 saturated heterocycles. The summed E-state index contributed by atoms with van der Waals surface area (Å²) >= 11 is 0. The zero-order valence-electron chi connectivity index (χ0n) is 14.9. The normalized spacial score (nSPS) is 11.4. The number of ether oxygens (including phenoxy) is 2. The molecule has 2 aromatic rings. The maximum absolute atomic E-state index is 12.9. The maximum Gasteiger partial charge on any atom is 0.161 e. The maximum atomic E-state index is 12.9. The molecule has 24 heavy (non-hydrogen) atoms. The Morgan fingerprint density at radius 1 is 1.00 bits per heavy atom. The molecule has 0 bridgehead atoms. The first-order chi connectivity index (χ1) is 11.4. The van der Waals surface area contributed by atoms with Gasteiger partial charge in [0.05, 0.1) is 7.11 Å². The monoisotopic (exact) mass is 331 g/mol. The number of halogens is 1. The largest absolute Gasteiger partial charge is 0.493 e. The minimum absolute atomic E-state index is 0.102. The summed E-state index contributed by atoms with van der Waals surface area (Å²) in [6.45, 7) is 7.68. The van der Waals surface area contributed by atoms with Crippen molar-refractivity contribution in [2.24, 2.45) is 0 Å². The lowest BCUT2D eigenvalue weighted by molar-refractivity contribution is 0.284. The highest BCUT2D eigenvalue weighted by molar-refractivity contribution is 5.43. The van der Waals surface area contributed by atoms with E-state index in [2.05, 4.69) is 26.1 Å². The van der Waals surface area contributed by atoms with Gasteiger partial charge < -0.3 is 14.8 Å². The van der Waals surface area contributed by atoms with E-state index < -0.39 is 0 Å². The van der Waals surface area contributed by atoms with Gasteiger partial charge in [-0.25, -0.2) is 4.39 Å². The average Bonchev–Trinajstić information content (AvgIpc) is 2.60. The third kappa shape index (κ3) is 5.24. The van der Waals surface area contributed by atoms with Crippen LogP contribution in [0.3, 0.4) is 0 Å². The van der Waals surface area contributed by atoms with Crippen molar-refractivity contribution in [3.63, 3.8) is 0 Å². The molecule has 0 radical (unpaired) electrons. The molecule has 130 valence electrons. The van der Waals surface area contributed by atoms with Crippen molar-refractivity contribution in [2.75, 3.05) is 7.11 Å². The number of hydrogen-bond acceptors (Lipinski definition) is 3. The lowest BCUT2D eigenvalue weighted by Gasteiger charge is -2.24. The number of nitrogens with one attached hydrogen (secondary N) is 1. The zero-order valence-corrected chi connectivity index (χ0v) is 14.9. The first-order valence-electron chi connectivity index (χ1n) is 8.22. The van der Waals surface area contributed by atoms with E-state index in [9.17, 15) is 4.39 Å². The molecule has 4 heteroatoms. The van der Waals surface area contributed by atoms with Gasteiger partial charge in [-0.05, 0) is 55.7 Å². The highest BCUT2D eigenvalue weighted by atomic mass is 19.1. The molecule has 3 nitrogen and oxygen atoms in total. The summed E-state index contributed by atoms with van der Waals surface area (Å²) in [7, 11) is 1.63. The molecule has 0 aliphatic carbocycles. The van der Waals surface area contributed by atoms with Gasteiger partial charge in [0, 0.05) is 12.1 Å². The topological polar surface area (TPSA) is 30.5 Å². The van der Waals surface area contributed by atoms with Crippen LogP contribution in [0.1, 0.15) is 38.3 Å². The summed E-state index contributed by atoms with van der Waals surface area (Å²) in [4.78, 5) is 0. The fourth-order valence-corrected chi connectivity index (χ4v) is 2.15. The molecular formula is C20H26FNO2. The molecule has 0 saturated carbocycles. The Hall–Kier alpha value is -2.07. The smallest absolute Gasteiger partial charge is 0.161 e. The molecule has 2 rings (SSSR count). The summed E-state index contributed by atoms with van der Waals surface area (Å²) in [5.41, 5.74) is 2.15. The highest BCUT2D eigenvalue weighted by Crippen LogP contribution is 2.29. The Kier molecular flexibility index (Phi) is 6.21. The van der Waals surface area contributed by atoms with Gasteiger partial charge in [-0.3, -0.25) is 0 Å². The summed E-state index contributed by atoms with van der Waals surface area (Å²) in [6, 6.07) is 12.2. The van der Waals surface area contributed by atoms with Crippen LogP contribution in [0.5, 0.6) is 11.5 Å². The second-order valence-corrected chi connectivity index (χ2v) is 6.49. The van der Waals surface area contributed by atoms with Gasteiger partial charge in [0.2, 0.25) is 0 Å². The molecule has 0 aliphatic heterocycles. The van der Waals surface area contributed by atoms with E-state index in [1.807, 2.05) is 18.2 Å². The molecule has 0 spiro atoms. The Morgan fingerprint density at radius 2 is 1.67 bits per heavy atom. The zero-order chi connectivity index (χ0) is 17.6. The number of benzene rings is 2. The predicted molar refractivity (Wildman–Crippen MR) is 94.9 cm³/mol. The third-order valence-corrected chi connectivity index (χ3v) is 4.19. The molecule has 0 aliphatic rings. The van der Waals surface area contributed by atoms with Crippen LogP contribution >= 0.6 is 0 Å². The van der Waals surface area contributed by atoms with Gasteiger partial charge in [-0.15, -0.1) is 0 Å². The van der Waals surface area contributed by atoms with Crippen LogP contribution in [-0.2, 0) is 13.2 Å². The Morgan fingerprint density at radius 3 is 2.29 bits per heavy atom. The van der Waals surface area contributed by atoms with Gasteiger partial charge in [0.25, 0.3) is 0 Å². The van der Waals surface area contributed by atoms with Gasteiger partial charge in [-0.2, -0.15) is 0 Å². The van der Waals surface area contributed by atoms with Gasteiger partial charge >= 0.3 is 0 Å². The van der Waals surface area contributed by atoms with Gasteiger partial charge in [-0.1, -0.05) is 25.1 Å². The molecule has 1 N–H and O–H groups in total. The Labute approximate surface area is 143 Å². The summed E-state index contributed by atoms with van der Waals surface area (Å²) in [6.07, 6.45) is 1.06. The van der Waals surface area contributed by atoms with Crippen molar-refractivity contribution in [3.8, 4) is 11.5 Å². The second kappa shape index (κ2) is 8.15. The molecular weight excluding hydrogens is 305 g/mol. The van der Waals surface area contributed by atoms with Crippen molar-refractivity contribution < 1.29 is 13.9 Å². The van der Waals surface area contributed by atoms with E-state index in [0.29, 0.717) is 18.1 Å². The van der Waals surface area contributed by atoms with Crippen molar-refractivity contribution >= 4 is 0 Å². The third-order valence-electron chi connectivity index (χ3n) is 4.19.